The summed E-state index contributed by atoms with van der Waals surface area (Å²) >= 11 is 13.8. The molecule has 0 radical (unpaired) electrons. The van der Waals surface area contributed by atoms with Gasteiger partial charge in [-0.3, -0.25) is 4.57 Å². The van der Waals surface area contributed by atoms with Crippen LogP contribution in [0.25, 0.3) is 17.1 Å². The van der Waals surface area contributed by atoms with Crippen LogP contribution >= 0.6 is 35.0 Å². The molecule has 3 nitrogen and oxygen atoms in total. The van der Waals surface area contributed by atoms with Crippen LogP contribution in [-0.4, -0.2) is 14.8 Å². The molecule has 0 bridgehead atoms. The van der Waals surface area contributed by atoms with Gasteiger partial charge in [0.1, 0.15) is 0 Å². The van der Waals surface area contributed by atoms with E-state index in [9.17, 15) is 0 Å². The van der Waals surface area contributed by atoms with Crippen LogP contribution in [0.1, 0.15) is 11.1 Å². The Morgan fingerprint density at radius 1 is 0.857 bits per heavy atom. The zero-order valence-corrected chi connectivity index (χ0v) is 17.5. The lowest BCUT2D eigenvalue weighted by Crippen LogP contribution is -1.99. The fraction of sp³-hybridized carbons (Fsp3) is 0.0909. The summed E-state index contributed by atoms with van der Waals surface area (Å²) in [7, 11) is 0. The van der Waals surface area contributed by atoms with Crippen molar-refractivity contribution >= 4 is 35.0 Å². The number of para-hydroxylation sites is 1. The van der Waals surface area contributed by atoms with Gasteiger partial charge < -0.3 is 0 Å². The summed E-state index contributed by atoms with van der Waals surface area (Å²) in [5.74, 6) is 1.54. The van der Waals surface area contributed by atoms with Crippen molar-refractivity contribution < 1.29 is 0 Å². The molecule has 0 unspecified atom stereocenters. The SMILES string of the molecule is Cc1cccc(-c2nnc(SCc3ccc(Cl)c(Cl)c3)n2-c2ccccc2)c1. The van der Waals surface area contributed by atoms with Gasteiger partial charge in [-0.25, -0.2) is 0 Å². The minimum Gasteiger partial charge on any atom is -0.270 e. The number of aryl methyl sites for hydroxylation is 1. The molecule has 0 amide bonds. The smallest absolute Gasteiger partial charge is 0.196 e. The van der Waals surface area contributed by atoms with Gasteiger partial charge >= 0.3 is 0 Å². The lowest BCUT2D eigenvalue weighted by atomic mass is 10.1. The molecule has 6 heteroatoms. The van der Waals surface area contributed by atoms with Gasteiger partial charge in [0.15, 0.2) is 11.0 Å². The molecular formula is C22H17Cl2N3S. The summed E-state index contributed by atoms with van der Waals surface area (Å²) in [6.07, 6.45) is 0. The summed E-state index contributed by atoms with van der Waals surface area (Å²) in [6, 6.07) is 24.1. The van der Waals surface area contributed by atoms with E-state index in [4.69, 9.17) is 23.2 Å². The van der Waals surface area contributed by atoms with Crippen LogP contribution in [0.4, 0.5) is 0 Å². The number of nitrogens with zero attached hydrogens (tertiary/aromatic N) is 3. The summed E-state index contributed by atoms with van der Waals surface area (Å²) in [6.45, 7) is 2.08. The normalized spacial score (nSPS) is 11.0. The monoisotopic (exact) mass is 425 g/mol. The quantitative estimate of drug-likeness (QED) is 0.327. The molecule has 0 saturated heterocycles. The minimum atomic E-state index is 0.560. The number of rotatable bonds is 5. The molecule has 0 aliphatic heterocycles. The van der Waals surface area contributed by atoms with E-state index in [0.29, 0.717) is 10.0 Å². The van der Waals surface area contributed by atoms with Crippen LogP contribution in [0.2, 0.25) is 10.0 Å². The Labute approximate surface area is 178 Å². The molecule has 0 aliphatic carbocycles. The molecule has 0 spiro atoms. The Balaban J connectivity index is 1.72. The van der Waals surface area contributed by atoms with Crippen LogP contribution in [-0.2, 0) is 5.75 Å². The summed E-state index contributed by atoms with van der Waals surface area (Å²) < 4.78 is 2.09. The number of aromatic nitrogens is 3. The van der Waals surface area contributed by atoms with E-state index >= 15 is 0 Å². The molecule has 0 fully saturated rings. The zero-order valence-electron chi connectivity index (χ0n) is 15.1. The molecule has 0 atom stereocenters. The first kappa shape index (κ1) is 19.1. The molecule has 28 heavy (non-hydrogen) atoms. The van der Waals surface area contributed by atoms with E-state index in [1.165, 1.54) is 5.56 Å². The average Bonchev–Trinajstić information content (AvgIpc) is 3.13. The standard InChI is InChI=1S/C22H17Cl2N3S/c1-15-6-5-7-17(12-15)21-25-26-22(27(21)18-8-3-2-4-9-18)28-14-16-10-11-19(23)20(24)13-16/h2-13H,14H2,1H3. The second kappa shape index (κ2) is 8.39. The molecule has 0 aliphatic rings. The van der Waals surface area contributed by atoms with Crippen LogP contribution in [0.3, 0.4) is 0 Å². The van der Waals surface area contributed by atoms with Gasteiger partial charge in [-0.15, -0.1) is 10.2 Å². The molecule has 0 N–H and O–H groups in total. The molecule has 140 valence electrons. The summed E-state index contributed by atoms with van der Waals surface area (Å²) in [4.78, 5) is 0. The second-order valence-corrected chi connectivity index (χ2v) is 8.14. The Bertz CT molecular complexity index is 1110. The average molecular weight is 426 g/mol. The summed E-state index contributed by atoms with van der Waals surface area (Å²) in [5.41, 5.74) is 4.34. The van der Waals surface area contributed by atoms with E-state index in [1.54, 1.807) is 11.8 Å². The predicted octanol–water partition coefficient (Wildman–Crippen LogP) is 6.84. The number of benzene rings is 3. The van der Waals surface area contributed by atoms with Crippen molar-refractivity contribution in [2.75, 3.05) is 0 Å². The molecule has 4 rings (SSSR count). The number of halogens is 2. The summed E-state index contributed by atoms with van der Waals surface area (Å²) in [5, 5.41) is 10.9. The molecule has 4 aromatic rings. The Morgan fingerprint density at radius 3 is 2.43 bits per heavy atom. The van der Waals surface area contributed by atoms with E-state index in [2.05, 4.69) is 52.0 Å². The van der Waals surface area contributed by atoms with Gasteiger partial charge in [0.25, 0.3) is 0 Å². The highest BCUT2D eigenvalue weighted by atomic mass is 35.5. The number of hydrogen-bond acceptors (Lipinski definition) is 3. The molecular weight excluding hydrogens is 409 g/mol. The highest BCUT2D eigenvalue weighted by Gasteiger charge is 2.16. The molecule has 1 aromatic heterocycles. The van der Waals surface area contributed by atoms with Crippen molar-refractivity contribution in [2.45, 2.75) is 17.8 Å². The topological polar surface area (TPSA) is 30.7 Å². The maximum absolute atomic E-state index is 6.15. The van der Waals surface area contributed by atoms with E-state index < -0.39 is 0 Å². The van der Waals surface area contributed by atoms with Crippen molar-refractivity contribution in [1.82, 2.24) is 14.8 Å². The molecule has 0 saturated carbocycles. The number of thioether (sulfide) groups is 1. The Morgan fingerprint density at radius 2 is 1.68 bits per heavy atom. The maximum atomic E-state index is 6.15. The van der Waals surface area contributed by atoms with Gasteiger partial charge in [-0.05, 0) is 42.8 Å². The van der Waals surface area contributed by atoms with E-state index in [1.807, 2.05) is 42.5 Å². The van der Waals surface area contributed by atoms with Crippen molar-refractivity contribution in [3.8, 4) is 17.1 Å². The van der Waals surface area contributed by atoms with Crippen LogP contribution in [0, 0.1) is 6.92 Å². The van der Waals surface area contributed by atoms with E-state index in [-0.39, 0.29) is 0 Å². The fourth-order valence-corrected chi connectivity index (χ4v) is 4.14. The Kier molecular flexibility index (Phi) is 5.72. The van der Waals surface area contributed by atoms with Crippen molar-refractivity contribution in [1.29, 1.82) is 0 Å². The lowest BCUT2D eigenvalue weighted by Gasteiger charge is -2.11. The number of hydrogen-bond donors (Lipinski definition) is 0. The van der Waals surface area contributed by atoms with Gasteiger partial charge in [0.05, 0.1) is 10.0 Å². The van der Waals surface area contributed by atoms with Gasteiger partial charge in [-0.1, -0.05) is 83.0 Å². The van der Waals surface area contributed by atoms with Gasteiger partial charge in [-0.2, -0.15) is 0 Å². The first-order valence-corrected chi connectivity index (χ1v) is 10.5. The minimum absolute atomic E-state index is 0.560. The fourth-order valence-electron chi connectivity index (χ4n) is 2.92. The first-order valence-electron chi connectivity index (χ1n) is 8.76. The first-order chi connectivity index (χ1) is 13.6. The molecule has 1 heterocycles. The van der Waals surface area contributed by atoms with E-state index in [0.717, 1.165) is 33.5 Å². The van der Waals surface area contributed by atoms with Crippen LogP contribution in [0.15, 0.2) is 78.0 Å². The third-order valence-electron chi connectivity index (χ3n) is 4.28. The third kappa shape index (κ3) is 4.09. The van der Waals surface area contributed by atoms with Gasteiger partial charge in [0, 0.05) is 17.0 Å². The van der Waals surface area contributed by atoms with Gasteiger partial charge in [0.2, 0.25) is 0 Å². The third-order valence-corrected chi connectivity index (χ3v) is 6.02. The van der Waals surface area contributed by atoms with Crippen LogP contribution in [0.5, 0.6) is 0 Å². The van der Waals surface area contributed by atoms with Crippen molar-refractivity contribution in [3.05, 3.63) is 94.0 Å². The molecule has 3 aromatic carbocycles. The van der Waals surface area contributed by atoms with Crippen LogP contribution < -0.4 is 0 Å². The highest BCUT2D eigenvalue weighted by molar-refractivity contribution is 7.98. The highest BCUT2D eigenvalue weighted by Crippen LogP contribution is 2.31. The second-order valence-electron chi connectivity index (χ2n) is 6.38. The zero-order chi connectivity index (χ0) is 19.5. The predicted molar refractivity (Wildman–Crippen MR) is 118 cm³/mol. The lowest BCUT2D eigenvalue weighted by molar-refractivity contribution is 0.886. The Hall–Kier alpha value is -2.27. The maximum Gasteiger partial charge on any atom is 0.196 e. The van der Waals surface area contributed by atoms with Crippen molar-refractivity contribution in [3.63, 3.8) is 0 Å². The largest absolute Gasteiger partial charge is 0.270 e. The van der Waals surface area contributed by atoms with Crippen molar-refractivity contribution in [2.24, 2.45) is 0 Å².